The second-order valence-corrected chi connectivity index (χ2v) is 5.35. The number of piperidine rings is 1. The molecule has 0 N–H and O–H groups in total. The third-order valence-electron chi connectivity index (χ3n) is 4.42. The summed E-state index contributed by atoms with van der Waals surface area (Å²) in [5.41, 5.74) is 1.35. The first-order valence-corrected chi connectivity index (χ1v) is 6.34. The molecule has 0 aromatic carbocycles. The molecule has 18 heavy (non-hydrogen) atoms. The number of nitrogens with zero attached hydrogens (tertiary/aromatic N) is 3. The predicted octanol–water partition coefficient (Wildman–Crippen LogP) is 1.83. The zero-order valence-electron chi connectivity index (χ0n) is 10.4. The predicted molar refractivity (Wildman–Crippen MR) is 65.7 cm³/mol. The van der Waals surface area contributed by atoms with Crippen LogP contribution in [0.15, 0.2) is 18.3 Å². The number of hydrogen-bond acceptors (Lipinski definition) is 3. The molecule has 0 bridgehead atoms. The van der Waals surface area contributed by atoms with Gasteiger partial charge in [-0.3, -0.25) is 4.79 Å². The number of likely N-dealkylation sites (tertiary alicyclic amines) is 1. The molecule has 4 heteroatoms. The SMILES string of the molecule is CCC12CC1CN(C(=O)c1ccc(C#N)nc1)C2. The third kappa shape index (κ3) is 1.59. The molecule has 1 aliphatic carbocycles. The maximum atomic E-state index is 12.3. The summed E-state index contributed by atoms with van der Waals surface area (Å²) in [6.07, 6.45) is 3.94. The van der Waals surface area contributed by atoms with Gasteiger partial charge in [-0.15, -0.1) is 0 Å². The van der Waals surface area contributed by atoms with E-state index in [4.69, 9.17) is 5.26 Å². The first kappa shape index (κ1) is 11.2. The molecule has 92 valence electrons. The van der Waals surface area contributed by atoms with Gasteiger partial charge in [0, 0.05) is 19.3 Å². The highest BCUT2D eigenvalue weighted by Gasteiger charge is 2.59. The van der Waals surface area contributed by atoms with Crippen molar-refractivity contribution in [1.29, 1.82) is 5.26 Å². The number of rotatable bonds is 2. The maximum Gasteiger partial charge on any atom is 0.255 e. The van der Waals surface area contributed by atoms with Gasteiger partial charge in [0.05, 0.1) is 5.56 Å². The van der Waals surface area contributed by atoms with E-state index in [2.05, 4.69) is 11.9 Å². The van der Waals surface area contributed by atoms with Gasteiger partial charge >= 0.3 is 0 Å². The molecule has 1 aliphatic heterocycles. The minimum atomic E-state index is 0.0482. The van der Waals surface area contributed by atoms with Crippen molar-refractivity contribution in [2.45, 2.75) is 19.8 Å². The number of fused-ring (bicyclic) bond motifs is 1. The van der Waals surface area contributed by atoms with E-state index in [-0.39, 0.29) is 5.91 Å². The van der Waals surface area contributed by atoms with Gasteiger partial charge in [-0.2, -0.15) is 5.26 Å². The average Bonchev–Trinajstić information content (AvgIpc) is 3.00. The normalized spacial score (nSPS) is 28.7. The molecule has 1 saturated heterocycles. The molecule has 2 heterocycles. The highest BCUT2D eigenvalue weighted by molar-refractivity contribution is 5.94. The number of nitriles is 1. The lowest BCUT2D eigenvalue weighted by molar-refractivity contribution is 0.0763. The van der Waals surface area contributed by atoms with Crippen molar-refractivity contribution in [3.05, 3.63) is 29.6 Å². The standard InChI is InChI=1S/C14H15N3O/c1-2-14-5-11(14)8-17(9-14)13(18)10-3-4-12(6-15)16-7-10/h3-4,7,11H,2,5,8-9H2,1H3. The molecule has 2 fully saturated rings. The fraction of sp³-hybridized carbons (Fsp3) is 0.500. The number of carbonyl (C=O) groups excluding carboxylic acids is 1. The molecule has 4 nitrogen and oxygen atoms in total. The van der Waals surface area contributed by atoms with Crippen LogP contribution in [0.5, 0.6) is 0 Å². The molecule has 1 aromatic rings. The van der Waals surface area contributed by atoms with Crippen molar-refractivity contribution in [3.8, 4) is 6.07 Å². The van der Waals surface area contributed by atoms with Gasteiger partial charge < -0.3 is 4.90 Å². The highest BCUT2D eigenvalue weighted by atomic mass is 16.2. The van der Waals surface area contributed by atoms with Crippen molar-refractivity contribution in [2.75, 3.05) is 13.1 Å². The van der Waals surface area contributed by atoms with Crippen molar-refractivity contribution >= 4 is 5.91 Å². The highest BCUT2D eigenvalue weighted by Crippen LogP contribution is 2.59. The third-order valence-corrected chi connectivity index (χ3v) is 4.42. The van der Waals surface area contributed by atoms with Crippen LogP contribution in [-0.4, -0.2) is 28.9 Å². The zero-order chi connectivity index (χ0) is 12.8. The summed E-state index contributed by atoms with van der Waals surface area (Å²) in [6, 6.07) is 5.24. The van der Waals surface area contributed by atoms with Gasteiger partial charge in [0.15, 0.2) is 0 Å². The van der Waals surface area contributed by atoms with Crippen LogP contribution in [0.1, 0.15) is 35.8 Å². The largest absolute Gasteiger partial charge is 0.338 e. The van der Waals surface area contributed by atoms with Crippen LogP contribution in [0.2, 0.25) is 0 Å². The Kier molecular flexibility index (Phi) is 2.37. The Morgan fingerprint density at radius 1 is 1.67 bits per heavy atom. The number of hydrogen-bond donors (Lipinski definition) is 0. The van der Waals surface area contributed by atoms with Gasteiger partial charge in [0.2, 0.25) is 0 Å². The number of amides is 1. The van der Waals surface area contributed by atoms with Gasteiger partial charge in [-0.05, 0) is 36.3 Å². The van der Waals surface area contributed by atoms with E-state index in [1.807, 2.05) is 11.0 Å². The molecule has 0 radical (unpaired) electrons. The van der Waals surface area contributed by atoms with E-state index >= 15 is 0 Å². The van der Waals surface area contributed by atoms with Crippen molar-refractivity contribution in [3.63, 3.8) is 0 Å². The number of carbonyl (C=O) groups is 1. The maximum absolute atomic E-state index is 12.3. The summed E-state index contributed by atoms with van der Waals surface area (Å²) in [7, 11) is 0. The lowest BCUT2D eigenvalue weighted by atomic mass is 10.0. The molecular weight excluding hydrogens is 226 g/mol. The molecular formula is C14H15N3O. The van der Waals surface area contributed by atoms with Crippen LogP contribution in [0.25, 0.3) is 0 Å². The Bertz CT molecular complexity index is 527. The zero-order valence-corrected chi connectivity index (χ0v) is 10.4. The van der Waals surface area contributed by atoms with E-state index in [1.165, 1.54) is 12.6 Å². The fourth-order valence-electron chi connectivity index (χ4n) is 3.06. The summed E-state index contributed by atoms with van der Waals surface area (Å²) >= 11 is 0. The van der Waals surface area contributed by atoms with Gasteiger partial charge in [0.1, 0.15) is 11.8 Å². The van der Waals surface area contributed by atoms with Crippen LogP contribution < -0.4 is 0 Å². The molecule has 2 aliphatic rings. The first-order chi connectivity index (χ1) is 8.68. The summed E-state index contributed by atoms with van der Waals surface area (Å²) in [5.74, 6) is 0.754. The quantitative estimate of drug-likeness (QED) is 0.793. The lowest BCUT2D eigenvalue weighted by Gasteiger charge is -2.20. The Labute approximate surface area is 106 Å². The monoisotopic (exact) mass is 241 g/mol. The average molecular weight is 241 g/mol. The molecule has 0 spiro atoms. The van der Waals surface area contributed by atoms with Crippen molar-refractivity contribution < 1.29 is 4.79 Å². The number of aromatic nitrogens is 1. The Morgan fingerprint density at radius 3 is 3.06 bits per heavy atom. The Balaban J connectivity index is 1.74. The van der Waals surface area contributed by atoms with Gasteiger partial charge in [0.25, 0.3) is 5.91 Å². The van der Waals surface area contributed by atoms with Gasteiger partial charge in [-0.1, -0.05) is 6.92 Å². The van der Waals surface area contributed by atoms with Crippen LogP contribution in [-0.2, 0) is 0 Å². The van der Waals surface area contributed by atoms with Crippen LogP contribution >= 0.6 is 0 Å². The van der Waals surface area contributed by atoms with Crippen molar-refractivity contribution in [2.24, 2.45) is 11.3 Å². The molecule has 2 atom stereocenters. The van der Waals surface area contributed by atoms with Gasteiger partial charge in [-0.25, -0.2) is 4.98 Å². The molecule has 3 rings (SSSR count). The summed E-state index contributed by atoms with van der Waals surface area (Å²) in [4.78, 5) is 18.2. The van der Waals surface area contributed by atoms with Crippen LogP contribution in [0.4, 0.5) is 0 Å². The second kappa shape index (κ2) is 3.81. The van der Waals surface area contributed by atoms with E-state index in [1.54, 1.807) is 12.1 Å². The topological polar surface area (TPSA) is 57.0 Å². The molecule has 1 aromatic heterocycles. The first-order valence-electron chi connectivity index (χ1n) is 6.34. The van der Waals surface area contributed by atoms with Crippen molar-refractivity contribution in [1.82, 2.24) is 9.88 Å². The summed E-state index contributed by atoms with van der Waals surface area (Å²) in [6.45, 7) is 3.97. The minimum absolute atomic E-state index is 0.0482. The summed E-state index contributed by atoms with van der Waals surface area (Å²) in [5, 5.41) is 8.68. The van der Waals surface area contributed by atoms with Crippen LogP contribution in [0.3, 0.4) is 0 Å². The Hall–Kier alpha value is -1.89. The lowest BCUT2D eigenvalue weighted by Crippen LogP contribution is -2.31. The summed E-state index contributed by atoms with van der Waals surface area (Å²) < 4.78 is 0. The molecule has 1 saturated carbocycles. The van der Waals surface area contributed by atoms with E-state index < -0.39 is 0 Å². The minimum Gasteiger partial charge on any atom is -0.338 e. The fourth-order valence-corrected chi connectivity index (χ4v) is 3.06. The second-order valence-electron chi connectivity index (χ2n) is 5.35. The van der Waals surface area contributed by atoms with Crippen LogP contribution in [0, 0.1) is 22.7 Å². The molecule has 1 amide bonds. The number of pyridine rings is 1. The van der Waals surface area contributed by atoms with E-state index in [0.717, 1.165) is 19.5 Å². The van der Waals surface area contributed by atoms with E-state index in [0.29, 0.717) is 22.6 Å². The smallest absolute Gasteiger partial charge is 0.255 e. The molecule has 2 unspecified atom stereocenters. The van der Waals surface area contributed by atoms with E-state index in [9.17, 15) is 4.79 Å². The Morgan fingerprint density at radius 2 is 2.50 bits per heavy atom.